The highest BCUT2D eigenvalue weighted by molar-refractivity contribution is 6.25. The summed E-state index contributed by atoms with van der Waals surface area (Å²) in [5.74, 6) is -0.351. The van der Waals surface area contributed by atoms with Crippen LogP contribution in [0.3, 0.4) is 0 Å². The van der Waals surface area contributed by atoms with Crippen molar-refractivity contribution in [3.63, 3.8) is 0 Å². The summed E-state index contributed by atoms with van der Waals surface area (Å²) in [6.45, 7) is 3.06. The number of nitrogens with zero attached hydrogens (tertiary/aromatic N) is 1. The highest BCUT2D eigenvalue weighted by atomic mass is 35.5. The number of imide groups is 1. The van der Waals surface area contributed by atoms with Gasteiger partial charge in [0, 0.05) is 23.1 Å². The maximum atomic E-state index is 12.7. The summed E-state index contributed by atoms with van der Waals surface area (Å²) in [7, 11) is 0. The maximum Gasteiger partial charge on any atom is 0.261 e. The molecule has 0 saturated carbocycles. The number of carbonyl (C=O) groups is 2. The van der Waals surface area contributed by atoms with Gasteiger partial charge >= 0.3 is 0 Å². The zero-order valence-corrected chi connectivity index (χ0v) is 16.9. The molecular weight excluding hydrogens is 385 g/mol. The molecule has 0 aromatic heterocycles. The minimum absolute atomic E-state index is 0. The number of hydrogen-bond acceptors (Lipinski definition) is 4. The molecule has 0 spiro atoms. The summed E-state index contributed by atoms with van der Waals surface area (Å²) in [5, 5.41) is 5.10. The molecule has 27 heavy (non-hydrogen) atoms. The summed E-state index contributed by atoms with van der Waals surface area (Å²) in [6.07, 6.45) is 3.86. The van der Waals surface area contributed by atoms with E-state index in [0.717, 1.165) is 56.1 Å². The molecule has 0 radical (unpaired) electrons. The fraction of sp³-hybridized carbons (Fsp3) is 0.400. The van der Waals surface area contributed by atoms with Gasteiger partial charge in [0.15, 0.2) is 0 Å². The highest BCUT2D eigenvalue weighted by Gasteiger charge is 2.31. The molecule has 0 fully saturated rings. The lowest BCUT2D eigenvalue weighted by Gasteiger charge is -2.27. The molecule has 3 N–H and O–H groups in total. The van der Waals surface area contributed by atoms with Gasteiger partial charge in [0.1, 0.15) is 0 Å². The van der Waals surface area contributed by atoms with E-state index in [2.05, 4.69) is 5.32 Å². The van der Waals surface area contributed by atoms with E-state index in [1.165, 1.54) is 4.90 Å². The van der Waals surface area contributed by atoms with Gasteiger partial charge < -0.3 is 11.1 Å². The van der Waals surface area contributed by atoms with E-state index in [0.29, 0.717) is 17.7 Å². The van der Waals surface area contributed by atoms with E-state index in [-0.39, 0.29) is 36.6 Å². The Kier molecular flexibility index (Phi) is 9.74. The van der Waals surface area contributed by atoms with Crippen molar-refractivity contribution in [3.8, 4) is 0 Å². The van der Waals surface area contributed by atoms with Crippen molar-refractivity contribution in [1.29, 1.82) is 0 Å². The smallest absolute Gasteiger partial charge is 0.261 e. The zero-order valence-electron chi connectivity index (χ0n) is 15.3. The van der Waals surface area contributed by atoms with Crippen LogP contribution in [0.25, 0.3) is 10.8 Å². The summed E-state index contributed by atoms with van der Waals surface area (Å²) < 4.78 is 0. The SMILES string of the molecule is Cl.Cl.NCCCCNCCCCN1C(=O)c2cccc3cccc(c23)C1=O. The largest absolute Gasteiger partial charge is 0.330 e. The molecule has 1 aliphatic heterocycles. The van der Waals surface area contributed by atoms with Crippen LogP contribution in [0.1, 0.15) is 46.4 Å². The fourth-order valence-corrected chi connectivity index (χ4v) is 3.32. The van der Waals surface area contributed by atoms with Crippen LogP contribution in [0.15, 0.2) is 36.4 Å². The van der Waals surface area contributed by atoms with Gasteiger partial charge in [-0.05, 0) is 62.8 Å². The first-order valence-electron chi connectivity index (χ1n) is 9.03. The van der Waals surface area contributed by atoms with Crippen LogP contribution in [-0.2, 0) is 0 Å². The van der Waals surface area contributed by atoms with E-state index >= 15 is 0 Å². The van der Waals surface area contributed by atoms with Crippen LogP contribution in [0.2, 0.25) is 0 Å². The van der Waals surface area contributed by atoms with Crippen molar-refractivity contribution in [3.05, 3.63) is 47.5 Å². The van der Waals surface area contributed by atoms with Crippen molar-refractivity contribution in [2.75, 3.05) is 26.2 Å². The molecule has 148 valence electrons. The zero-order chi connectivity index (χ0) is 17.6. The van der Waals surface area contributed by atoms with Gasteiger partial charge in [-0.2, -0.15) is 0 Å². The second kappa shape index (κ2) is 11.2. The third kappa shape index (κ3) is 5.20. The normalized spacial score (nSPS) is 12.7. The maximum absolute atomic E-state index is 12.7. The Morgan fingerprint density at radius 2 is 1.37 bits per heavy atom. The van der Waals surface area contributed by atoms with E-state index in [4.69, 9.17) is 5.73 Å². The van der Waals surface area contributed by atoms with Gasteiger partial charge in [-0.3, -0.25) is 14.5 Å². The molecule has 2 aromatic carbocycles. The Balaban J connectivity index is 0.00000182. The van der Waals surface area contributed by atoms with Crippen molar-refractivity contribution in [1.82, 2.24) is 10.2 Å². The van der Waals surface area contributed by atoms with Gasteiger partial charge in [0.05, 0.1) is 0 Å². The lowest BCUT2D eigenvalue weighted by molar-refractivity contribution is 0.0608. The quantitative estimate of drug-likeness (QED) is 0.489. The summed E-state index contributed by atoms with van der Waals surface area (Å²) in [5.41, 5.74) is 6.73. The van der Waals surface area contributed by atoms with Crippen LogP contribution in [0.5, 0.6) is 0 Å². The number of hydrogen-bond donors (Lipinski definition) is 2. The predicted octanol–water partition coefficient (Wildman–Crippen LogP) is 3.39. The third-order valence-electron chi connectivity index (χ3n) is 4.65. The van der Waals surface area contributed by atoms with Crippen LogP contribution < -0.4 is 11.1 Å². The first-order valence-corrected chi connectivity index (χ1v) is 9.03. The number of benzene rings is 2. The topological polar surface area (TPSA) is 75.4 Å². The molecule has 0 bridgehead atoms. The van der Waals surface area contributed by atoms with Gasteiger partial charge in [-0.25, -0.2) is 0 Å². The lowest BCUT2D eigenvalue weighted by atomic mass is 9.94. The van der Waals surface area contributed by atoms with Gasteiger partial charge in [-0.15, -0.1) is 24.8 Å². The molecule has 0 unspecified atom stereocenters. The Bertz CT molecular complexity index is 732. The van der Waals surface area contributed by atoms with Gasteiger partial charge in [-0.1, -0.05) is 24.3 Å². The molecule has 2 amide bonds. The highest BCUT2D eigenvalue weighted by Crippen LogP contribution is 2.29. The number of unbranched alkanes of at least 4 members (excludes halogenated alkanes) is 2. The molecular formula is C20H27Cl2N3O2. The average Bonchev–Trinajstić information content (AvgIpc) is 2.64. The number of halogens is 2. The summed E-state index contributed by atoms with van der Waals surface area (Å²) in [4.78, 5) is 26.9. The Labute approximate surface area is 172 Å². The number of nitrogens with two attached hydrogens (primary N) is 1. The van der Waals surface area contributed by atoms with Crippen molar-refractivity contribution in [2.45, 2.75) is 25.7 Å². The lowest BCUT2D eigenvalue weighted by Crippen LogP contribution is -2.41. The fourth-order valence-electron chi connectivity index (χ4n) is 3.32. The molecule has 2 aromatic rings. The first-order chi connectivity index (χ1) is 12.2. The van der Waals surface area contributed by atoms with Crippen LogP contribution in [0.4, 0.5) is 0 Å². The number of amides is 2. The predicted molar refractivity (Wildman–Crippen MR) is 114 cm³/mol. The first kappa shape index (κ1) is 23.4. The van der Waals surface area contributed by atoms with Crippen LogP contribution >= 0.6 is 24.8 Å². The van der Waals surface area contributed by atoms with E-state index in [9.17, 15) is 9.59 Å². The molecule has 0 atom stereocenters. The average molecular weight is 412 g/mol. The number of rotatable bonds is 9. The molecule has 7 heteroatoms. The summed E-state index contributed by atoms with van der Waals surface area (Å²) in [6, 6.07) is 11.3. The minimum Gasteiger partial charge on any atom is -0.330 e. The monoisotopic (exact) mass is 411 g/mol. The summed E-state index contributed by atoms with van der Waals surface area (Å²) >= 11 is 0. The molecule has 0 saturated heterocycles. The standard InChI is InChI=1S/C20H25N3O2.2ClH/c21-11-1-2-12-22-13-3-4-14-23-19(24)16-9-5-7-15-8-6-10-17(18(15)16)20(23)25;;/h5-10,22H,1-4,11-14,21H2;2*1H. The van der Waals surface area contributed by atoms with Crippen molar-refractivity contribution in [2.24, 2.45) is 5.73 Å². The second-order valence-electron chi connectivity index (χ2n) is 6.42. The Hall–Kier alpha value is -1.66. The molecule has 0 aliphatic carbocycles. The molecule has 1 heterocycles. The van der Waals surface area contributed by atoms with Gasteiger partial charge in [0.2, 0.25) is 0 Å². The van der Waals surface area contributed by atoms with E-state index < -0.39 is 0 Å². The second-order valence-corrected chi connectivity index (χ2v) is 6.42. The third-order valence-corrected chi connectivity index (χ3v) is 4.65. The van der Waals surface area contributed by atoms with Crippen molar-refractivity contribution >= 4 is 47.4 Å². The van der Waals surface area contributed by atoms with Gasteiger partial charge in [0.25, 0.3) is 11.8 Å². The number of nitrogens with one attached hydrogen (secondary N) is 1. The molecule has 1 aliphatic rings. The number of carbonyl (C=O) groups excluding carboxylic acids is 2. The Morgan fingerprint density at radius 1 is 0.815 bits per heavy atom. The van der Waals surface area contributed by atoms with Crippen LogP contribution in [-0.4, -0.2) is 42.9 Å². The minimum atomic E-state index is -0.176. The molecule has 3 rings (SSSR count). The Morgan fingerprint density at radius 3 is 1.93 bits per heavy atom. The van der Waals surface area contributed by atoms with E-state index in [1.54, 1.807) is 0 Å². The van der Waals surface area contributed by atoms with Crippen molar-refractivity contribution < 1.29 is 9.59 Å². The molecule has 5 nitrogen and oxygen atoms in total. The van der Waals surface area contributed by atoms with Crippen LogP contribution in [0, 0.1) is 0 Å². The van der Waals surface area contributed by atoms with E-state index in [1.807, 2.05) is 36.4 Å².